The molecule has 0 aliphatic rings. The van der Waals surface area contributed by atoms with Gasteiger partial charge in [-0.15, -0.1) is 0 Å². The first-order valence-corrected chi connectivity index (χ1v) is 7.37. The molecule has 122 valence electrons. The highest BCUT2D eigenvalue weighted by atomic mass is 35.5. The number of carboxylic acid groups (broad SMARTS) is 2. The standard InChI is InChI=1S/C16H9Cl2NO5/c17-7-4-10(18)13-9(14(16(22)23)19-11(13)5-7)6-8(15(20)21)12-2-1-3-24-12/h1-6,19H,(H,20,21)(H,22,23)/b8-6+. The molecular formula is C16H9Cl2NO5. The molecule has 0 fully saturated rings. The monoisotopic (exact) mass is 365 g/mol. The number of hydrogen-bond donors (Lipinski definition) is 3. The van der Waals surface area contributed by atoms with Crippen molar-refractivity contribution in [3.05, 3.63) is 57.6 Å². The van der Waals surface area contributed by atoms with Gasteiger partial charge in [-0.25, -0.2) is 9.59 Å². The van der Waals surface area contributed by atoms with E-state index < -0.39 is 11.9 Å². The molecule has 3 N–H and O–H groups in total. The van der Waals surface area contributed by atoms with Crippen LogP contribution in [-0.2, 0) is 4.79 Å². The van der Waals surface area contributed by atoms with Gasteiger partial charge in [-0.05, 0) is 30.3 Å². The zero-order chi connectivity index (χ0) is 17.4. The summed E-state index contributed by atoms with van der Waals surface area (Å²) in [6.45, 7) is 0. The van der Waals surface area contributed by atoms with Crippen LogP contribution < -0.4 is 0 Å². The summed E-state index contributed by atoms with van der Waals surface area (Å²) in [5, 5.41) is 19.7. The highest BCUT2D eigenvalue weighted by molar-refractivity contribution is 6.39. The van der Waals surface area contributed by atoms with Crippen molar-refractivity contribution in [2.24, 2.45) is 0 Å². The number of carboxylic acids is 2. The van der Waals surface area contributed by atoms with Crippen LogP contribution in [0.25, 0.3) is 22.6 Å². The van der Waals surface area contributed by atoms with Crippen LogP contribution in [0.3, 0.4) is 0 Å². The molecule has 0 saturated heterocycles. The van der Waals surface area contributed by atoms with Crippen molar-refractivity contribution in [1.29, 1.82) is 0 Å². The first-order valence-electron chi connectivity index (χ1n) is 6.61. The van der Waals surface area contributed by atoms with Crippen LogP contribution in [0.1, 0.15) is 21.8 Å². The molecule has 0 bridgehead atoms. The number of aromatic amines is 1. The quantitative estimate of drug-likeness (QED) is 0.594. The molecule has 2 heterocycles. The Balaban J connectivity index is 2.35. The second-order valence-electron chi connectivity index (χ2n) is 4.87. The number of furan rings is 1. The van der Waals surface area contributed by atoms with Gasteiger partial charge in [-0.1, -0.05) is 23.2 Å². The number of rotatable bonds is 4. The van der Waals surface area contributed by atoms with Gasteiger partial charge in [0.1, 0.15) is 17.0 Å². The third-order valence-electron chi connectivity index (χ3n) is 3.37. The number of benzene rings is 1. The number of nitrogens with one attached hydrogen (secondary N) is 1. The average molecular weight is 366 g/mol. The van der Waals surface area contributed by atoms with Crippen LogP contribution >= 0.6 is 23.2 Å². The zero-order valence-electron chi connectivity index (χ0n) is 11.8. The molecule has 0 spiro atoms. The van der Waals surface area contributed by atoms with E-state index in [9.17, 15) is 19.8 Å². The maximum absolute atomic E-state index is 11.5. The predicted molar refractivity (Wildman–Crippen MR) is 89.5 cm³/mol. The maximum Gasteiger partial charge on any atom is 0.352 e. The van der Waals surface area contributed by atoms with Crippen molar-refractivity contribution < 1.29 is 24.2 Å². The van der Waals surface area contributed by atoms with Crippen molar-refractivity contribution in [1.82, 2.24) is 4.98 Å². The Kier molecular flexibility index (Phi) is 4.09. The minimum absolute atomic E-state index is 0.0956. The minimum Gasteiger partial charge on any atom is -0.478 e. The van der Waals surface area contributed by atoms with E-state index in [1.807, 2.05) is 0 Å². The van der Waals surface area contributed by atoms with E-state index in [1.54, 1.807) is 0 Å². The highest BCUT2D eigenvalue weighted by Crippen LogP contribution is 2.35. The first kappa shape index (κ1) is 16.2. The van der Waals surface area contributed by atoms with E-state index in [2.05, 4.69) is 4.98 Å². The fraction of sp³-hybridized carbons (Fsp3) is 0. The van der Waals surface area contributed by atoms with Crippen molar-refractivity contribution in [3.63, 3.8) is 0 Å². The first-order chi connectivity index (χ1) is 11.4. The Bertz CT molecular complexity index is 986. The lowest BCUT2D eigenvalue weighted by Crippen LogP contribution is -2.02. The van der Waals surface area contributed by atoms with Gasteiger partial charge in [0.2, 0.25) is 0 Å². The number of fused-ring (bicyclic) bond motifs is 1. The number of carbonyl (C=O) groups is 2. The summed E-state index contributed by atoms with van der Waals surface area (Å²) in [4.78, 5) is 25.8. The molecule has 3 rings (SSSR count). The number of hydrogen-bond acceptors (Lipinski definition) is 3. The topological polar surface area (TPSA) is 104 Å². The maximum atomic E-state index is 11.5. The van der Waals surface area contributed by atoms with Gasteiger partial charge in [-0.3, -0.25) is 0 Å². The Morgan fingerprint density at radius 2 is 1.96 bits per heavy atom. The summed E-state index contributed by atoms with van der Waals surface area (Å²) >= 11 is 12.1. The summed E-state index contributed by atoms with van der Waals surface area (Å²) in [7, 11) is 0. The van der Waals surface area contributed by atoms with Crippen LogP contribution in [0.15, 0.2) is 34.9 Å². The second kappa shape index (κ2) is 6.07. The summed E-state index contributed by atoms with van der Waals surface area (Å²) in [6, 6.07) is 5.97. The third-order valence-corrected chi connectivity index (χ3v) is 3.89. The van der Waals surface area contributed by atoms with Crippen molar-refractivity contribution in [3.8, 4) is 0 Å². The number of aliphatic carboxylic acids is 1. The molecule has 0 atom stereocenters. The minimum atomic E-state index is -1.26. The van der Waals surface area contributed by atoms with Gasteiger partial charge in [0.25, 0.3) is 0 Å². The number of aromatic carboxylic acids is 1. The molecule has 0 radical (unpaired) electrons. The second-order valence-corrected chi connectivity index (χ2v) is 5.71. The van der Waals surface area contributed by atoms with Crippen molar-refractivity contribution >= 4 is 57.7 Å². The van der Waals surface area contributed by atoms with Crippen LogP contribution in [-0.4, -0.2) is 27.1 Å². The number of halogens is 2. The molecule has 3 aromatic rings. The molecule has 0 saturated carbocycles. The van der Waals surface area contributed by atoms with Crippen LogP contribution in [0.5, 0.6) is 0 Å². The highest BCUT2D eigenvalue weighted by Gasteiger charge is 2.21. The Morgan fingerprint density at radius 1 is 1.21 bits per heavy atom. The third kappa shape index (κ3) is 2.77. The molecule has 0 aliphatic carbocycles. The van der Waals surface area contributed by atoms with E-state index in [-0.39, 0.29) is 27.6 Å². The largest absolute Gasteiger partial charge is 0.478 e. The molecular weight excluding hydrogens is 357 g/mol. The molecule has 0 unspecified atom stereocenters. The predicted octanol–water partition coefficient (Wildman–Crippen LogP) is 4.39. The van der Waals surface area contributed by atoms with Crippen molar-refractivity contribution in [2.45, 2.75) is 0 Å². The molecule has 2 aromatic heterocycles. The molecule has 24 heavy (non-hydrogen) atoms. The van der Waals surface area contributed by atoms with Crippen LogP contribution in [0.2, 0.25) is 10.0 Å². The lowest BCUT2D eigenvalue weighted by atomic mass is 10.1. The molecule has 0 aliphatic heterocycles. The van der Waals surface area contributed by atoms with E-state index in [0.29, 0.717) is 15.9 Å². The number of H-pyrrole nitrogens is 1. The normalized spacial score (nSPS) is 11.8. The van der Waals surface area contributed by atoms with E-state index in [1.165, 1.54) is 36.6 Å². The SMILES string of the molecule is O=C(O)/C(=C/c1c(C(=O)O)[nH]c2cc(Cl)cc(Cl)c12)c1ccco1. The van der Waals surface area contributed by atoms with E-state index >= 15 is 0 Å². The zero-order valence-corrected chi connectivity index (χ0v) is 13.4. The average Bonchev–Trinajstić information content (AvgIpc) is 3.11. The van der Waals surface area contributed by atoms with Gasteiger partial charge in [-0.2, -0.15) is 0 Å². The Hall–Kier alpha value is -2.70. The lowest BCUT2D eigenvalue weighted by Gasteiger charge is -2.02. The van der Waals surface area contributed by atoms with E-state index in [4.69, 9.17) is 27.6 Å². The van der Waals surface area contributed by atoms with E-state index in [0.717, 1.165) is 0 Å². The lowest BCUT2D eigenvalue weighted by molar-refractivity contribution is -0.130. The Labute approximate surface area is 144 Å². The molecule has 8 heteroatoms. The summed E-state index contributed by atoms with van der Waals surface area (Å²) in [5.74, 6) is -2.42. The molecule has 1 aromatic carbocycles. The smallest absolute Gasteiger partial charge is 0.352 e. The van der Waals surface area contributed by atoms with Crippen LogP contribution in [0.4, 0.5) is 0 Å². The fourth-order valence-corrected chi connectivity index (χ4v) is 3.00. The van der Waals surface area contributed by atoms with Gasteiger partial charge in [0.15, 0.2) is 0 Å². The summed E-state index contributed by atoms with van der Waals surface area (Å²) in [5.41, 5.74) is 0.127. The van der Waals surface area contributed by atoms with Gasteiger partial charge >= 0.3 is 11.9 Å². The molecule has 6 nitrogen and oxygen atoms in total. The number of aromatic nitrogens is 1. The summed E-state index contributed by atoms with van der Waals surface area (Å²) < 4.78 is 5.11. The fourth-order valence-electron chi connectivity index (χ4n) is 2.40. The van der Waals surface area contributed by atoms with Gasteiger partial charge in [0, 0.05) is 21.5 Å². The van der Waals surface area contributed by atoms with Gasteiger partial charge < -0.3 is 19.6 Å². The van der Waals surface area contributed by atoms with Gasteiger partial charge in [0.05, 0.1) is 11.3 Å². The van der Waals surface area contributed by atoms with Crippen LogP contribution in [0, 0.1) is 0 Å². The molecule has 0 amide bonds. The summed E-state index contributed by atoms with van der Waals surface area (Å²) in [6.07, 6.45) is 2.54. The van der Waals surface area contributed by atoms with Crippen molar-refractivity contribution in [2.75, 3.05) is 0 Å². The Morgan fingerprint density at radius 3 is 2.54 bits per heavy atom.